The zero-order valence-electron chi connectivity index (χ0n) is 10.3. The first-order chi connectivity index (χ1) is 7.87. The Bertz CT molecular complexity index is 348. The maximum atomic E-state index is 12.0. The molecule has 1 saturated heterocycles. The minimum absolute atomic E-state index is 0.00620. The van der Waals surface area contributed by atoms with Crippen molar-refractivity contribution in [1.82, 2.24) is 5.32 Å². The molecule has 5 heteroatoms. The van der Waals surface area contributed by atoms with Gasteiger partial charge in [-0.05, 0) is 36.2 Å². The van der Waals surface area contributed by atoms with Gasteiger partial charge in [0.15, 0.2) is 0 Å². The molecule has 0 bridgehead atoms. The van der Waals surface area contributed by atoms with E-state index in [0.717, 1.165) is 17.9 Å². The van der Waals surface area contributed by atoms with Crippen molar-refractivity contribution >= 4 is 23.6 Å². The molecule has 0 aromatic carbocycles. The average Bonchev–Trinajstić information content (AvgIpc) is 2.89. The molecule has 1 aliphatic heterocycles. The van der Waals surface area contributed by atoms with Crippen LogP contribution in [0, 0.1) is 11.3 Å². The van der Waals surface area contributed by atoms with Crippen molar-refractivity contribution in [2.75, 3.05) is 11.5 Å². The maximum absolute atomic E-state index is 12.0. The number of hydrogen-bond acceptors (Lipinski definition) is 3. The summed E-state index contributed by atoms with van der Waals surface area (Å²) in [5, 5.41) is 12.1. The van der Waals surface area contributed by atoms with E-state index in [0.29, 0.717) is 12.8 Å². The average molecular weight is 257 g/mol. The molecule has 0 spiro atoms. The highest BCUT2D eigenvalue weighted by Gasteiger charge is 2.53. The number of carboxylic acids is 1. The molecule has 17 heavy (non-hydrogen) atoms. The second-order valence-electron chi connectivity index (χ2n) is 5.73. The Balaban J connectivity index is 2.03. The molecule has 2 fully saturated rings. The molecule has 1 heterocycles. The van der Waals surface area contributed by atoms with Gasteiger partial charge in [0, 0.05) is 5.92 Å². The lowest BCUT2D eigenvalue weighted by Gasteiger charge is -2.33. The first kappa shape index (κ1) is 12.7. The highest BCUT2D eigenvalue weighted by Crippen LogP contribution is 2.52. The van der Waals surface area contributed by atoms with Gasteiger partial charge in [0.1, 0.15) is 5.54 Å². The van der Waals surface area contributed by atoms with Crippen molar-refractivity contribution in [1.29, 1.82) is 0 Å². The quantitative estimate of drug-likeness (QED) is 0.804. The fourth-order valence-corrected chi connectivity index (χ4v) is 3.54. The maximum Gasteiger partial charge on any atom is 0.329 e. The third-order valence-corrected chi connectivity index (χ3v) is 4.93. The molecular formula is C12H19NO3S. The van der Waals surface area contributed by atoms with Crippen LogP contribution in [0.15, 0.2) is 0 Å². The number of carbonyl (C=O) groups is 2. The normalized spacial score (nSPS) is 29.4. The Morgan fingerprint density at radius 2 is 1.82 bits per heavy atom. The topological polar surface area (TPSA) is 66.4 Å². The first-order valence-electron chi connectivity index (χ1n) is 6.01. The van der Waals surface area contributed by atoms with Crippen LogP contribution in [0.3, 0.4) is 0 Å². The zero-order chi connectivity index (χ0) is 12.7. The summed E-state index contributed by atoms with van der Waals surface area (Å²) in [6.45, 7) is 4.09. The smallest absolute Gasteiger partial charge is 0.329 e. The third-order valence-electron chi connectivity index (χ3n) is 3.95. The van der Waals surface area contributed by atoms with E-state index in [-0.39, 0.29) is 17.2 Å². The number of hydrogen-bond donors (Lipinski definition) is 2. The van der Waals surface area contributed by atoms with Crippen LogP contribution in [0.1, 0.15) is 33.1 Å². The summed E-state index contributed by atoms with van der Waals surface area (Å²) in [5.74, 6) is 0.642. The molecule has 0 radical (unpaired) electrons. The predicted octanol–water partition coefficient (Wildman–Crippen LogP) is 1.50. The summed E-state index contributed by atoms with van der Waals surface area (Å²) in [4.78, 5) is 23.4. The van der Waals surface area contributed by atoms with Crippen molar-refractivity contribution in [3.63, 3.8) is 0 Å². The molecule has 1 saturated carbocycles. The Hall–Kier alpha value is -0.710. The molecule has 1 aliphatic carbocycles. The molecule has 1 amide bonds. The van der Waals surface area contributed by atoms with Gasteiger partial charge in [-0.1, -0.05) is 13.8 Å². The number of amides is 1. The van der Waals surface area contributed by atoms with Gasteiger partial charge in [-0.3, -0.25) is 4.79 Å². The van der Waals surface area contributed by atoms with E-state index in [1.807, 2.05) is 13.8 Å². The van der Waals surface area contributed by atoms with Crippen LogP contribution in [-0.4, -0.2) is 34.0 Å². The zero-order valence-corrected chi connectivity index (χ0v) is 11.1. The van der Waals surface area contributed by atoms with Crippen LogP contribution in [0.5, 0.6) is 0 Å². The number of thioether (sulfide) groups is 1. The molecule has 96 valence electrons. The second kappa shape index (κ2) is 4.19. The van der Waals surface area contributed by atoms with Crippen LogP contribution in [0.25, 0.3) is 0 Å². The monoisotopic (exact) mass is 257 g/mol. The van der Waals surface area contributed by atoms with Crippen LogP contribution < -0.4 is 5.32 Å². The minimum Gasteiger partial charge on any atom is -0.480 e. The predicted molar refractivity (Wildman–Crippen MR) is 67.0 cm³/mol. The van der Waals surface area contributed by atoms with Crippen molar-refractivity contribution < 1.29 is 14.7 Å². The summed E-state index contributed by atoms with van der Waals surface area (Å²) < 4.78 is 0. The lowest BCUT2D eigenvalue weighted by atomic mass is 9.91. The van der Waals surface area contributed by atoms with Gasteiger partial charge < -0.3 is 10.4 Å². The van der Waals surface area contributed by atoms with E-state index in [9.17, 15) is 14.7 Å². The Labute approximate surface area is 106 Å². The fraction of sp³-hybridized carbons (Fsp3) is 0.833. The number of carbonyl (C=O) groups excluding carboxylic acids is 1. The van der Waals surface area contributed by atoms with Crippen molar-refractivity contribution in [2.45, 2.75) is 38.6 Å². The summed E-state index contributed by atoms with van der Waals surface area (Å²) in [6.07, 6.45) is 1.93. The van der Waals surface area contributed by atoms with E-state index in [1.54, 1.807) is 11.8 Å². The van der Waals surface area contributed by atoms with Crippen LogP contribution >= 0.6 is 11.8 Å². The van der Waals surface area contributed by atoms with Crippen molar-refractivity contribution in [3.05, 3.63) is 0 Å². The molecule has 2 rings (SSSR count). The van der Waals surface area contributed by atoms with Gasteiger partial charge in [-0.15, -0.1) is 0 Å². The highest BCUT2D eigenvalue weighted by atomic mass is 32.2. The highest BCUT2D eigenvalue weighted by molar-refractivity contribution is 7.99. The lowest BCUT2D eigenvalue weighted by Crippen LogP contribution is -2.57. The van der Waals surface area contributed by atoms with Crippen molar-refractivity contribution in [2.24, 2.45) is 11.3 Å². The third kappa shape index (κ3) is 2.44. The van der Waals surface area contributed by atoms with E-state index in [4.69, 9.17) is 0 Å². The first-order valence-corrected chi connectivity index (χ1v) is 7.16. The molecule has 4 nitrogen and oxygen atoms in total. The molecule has 2 aliphatic rings. The second-order valence-corrected chi connectivity index (χ2v) is 6.96. The molecule has 2 N–H and O–H groups in total. The van der Waals surface area contributed by atoms with E-state index < -0.39 is 11.5 Å². The number of aliphatic carboxylic acids is 1. The van der Waals surface area contributed by atoms with E-state index >= 15 is 0 Å². The van der Waals surface area contributed by atoms with Gasteiger partial charge in [0.2, 0.25) is 5.91 Å². The van der Waals surface area contributed by atoms with Crippen LogP contribution in [0.4, 0.5) is 0 Å². The van der Waals surface area contributed by atoms with E-state index in [1.165, 1.54) is 0 Å². The van der Waals surface area contributed by atoms with Crippen LogP contribution in [-0.2, 0) is 9.59 Å². The summed E-state index contributed by atoms with van der Waals surface area (Å²) in [7, 11) is 0. The fourth-order valence-electron chi connectivity index (χ4n) is 2.35. The minimum atomic E-state index is -1.01. The van der Waals surface area contributed by atoms with Gasteiger partial charge in [0.05, 0.1) is 0 Å². The Kier molecular flexibility index (Phi) is 3.14. The number of carboxylic acid groups (broad SMARTS) is 1. The lowest BCUT2D eigenvalue weighted by molar-refractivity contribution is -0.148. The van der Waals surface area contributed by atoms with Gasteiger partial charge >= 0.3 is 5.97 Å². The van der Waals surface area contributed by atoms with Gasteiger partial charge in [0.25, 0.3) is 0 Å². The van der Waals surface area contributed by atoms with Gasteiger partial charge in [-0.25, -0.2) is 4.79 Å². The molecule has 0 aromatic heterocycles. The summed E-state index contributed by atoms with van der Waals surface area (Å²) >= 11 is 1.75. The SMILES string of the molecule is CC1(C)CC1C(=O)NC1(C(=O)O)CCSCC1. The molecule has 1 unspecified atom stereocenters. The van der Waals surface area contributed by atoms with E-state index in [2.05, 4.69) is 5.32 Å². The summed E-state index contributed by atoms with van der Waals surface area (Å²) in [6, 6.07) is 0. The standard InChI is InChI=1S/C12H19NO3S/c1-11(2)7-8(11)9(14)13-12(10(15)16)3-5-17-6-4-12/h8H,3-7H2,1-2H3,(H,13,14)(H,15,16). The molecule has 0 aromatic rings. The van der Waals surface area contributed by atoms with Crippen LogP contribution in [0.2, 0.25) is 0 Å². The number of nitrogens with one attached hydrogen (secondary N) is 1. The molecular weight excluding hydrogens is 238 g/mol. The Morgan fingerprint density at radius 3 is 2.24 bits per heavy atom. The largest absolute Gasteiger partial charge is 0.480 e. The summed E-state index contributed by atoms with van der Waals surface area (Å²) in [5.41, 5.74) is -0.964. The Morgan fingerprint density at radius 1 is 1.29 bits per heavy atom. The van der Waals surface area contributed by atoms with Crippen molar-refractivity contribution in [3.8, 4) is 0 Å². The number of rotatable bonds is 3. The van der Waals surface area contributed by atoms with Gasteiger partial charge in [-0.2, -0.15) is 11.8 Å². The molecule has 1 atom stereocenters.